The number of anilines is 1. The number of hydrogen-bond acceptors (Lipinski definition) is 1. The normalized spacial score (nSPS) is 9.84. The molecular weight excluding hydrogens is 306 g/mol. The fraction of sp³-hybridized carbons (Fsp3) is 0.0870. The highest BCUT2D eigenvalue weighted by Gasteiger charge is 2.06. The number of carbonyl (C=O) groups is 1. The minimum absolute atomic E-state index is 0.120. The van der Waals surface area contributed by atoms with Gasteiger partial charge in [-0.1, -0.05) is 36.1 Å². The summed E-state index contributed by atoms with van der Waals surface area (Å²) < 4.78 is 0. The number of amides is 1. The quantitative estimate of drug-likeness (QED) is 0.663. The maximum Gasteiger partial charge on any atom is 0.255 e. The number of aryl methyl sites for hydroxylation is 2. The second kappa shape index (κ2) is 7.51. The zero-order chi connectivity index (χ0) is 17.6. The summed E-state index contributed by atoms with van der Waals surface area (Å²) in [6.45, 7) is 4.08. The molecule has 3 aromatic carbocycles. The zero-order valence-electron chi connectivity index (χ0n) is 14.3. The van der Waals surface area contributed by atoms with Gasteiger partial charge < -0.3 is 5.32 Å². The van der Waals surface area contributed by atoms with Gasteiger partial charge in [0, 0.05) is 22.4 Å². The van der Waals surface area contributed by atoms with Crippen LogP contribution in [0.15, 0.2) is 72.8 Å². The van der Waals surface area contributed by atoms with Gasteiger partial charge in [-0.3, -0.25) is 4.79 Å². The second-order valence-corrected chi connectivity index (χ2v) is 5.95. The van der Waals surface area contributed by atoms with E-state index in [9.17, 15) is 4.79 Å². The van der Waals surface area contributed by atoms with Gasteiger partial charge in [-0.25, -0.2) is 0 Å². The maximum atomic E-state index is 12.4. The van der Waals surface area contributed by atoms with Crippen molar-refractivity contribution in [2.24, 2.45) is 0 Å². The topological polar surface area (TPSA) is 29.1 Å². The maximum absolute atomic E-state index is 12.4. The van der Waals surface area contributed by atoms with Crippen molar-refractivity contribution in [2.75, 3.05) is 5.32 Å². The third-order valence-corrected chi connectivity index (χ3v) is 4.04. The molecule has 0 aliphatic rings. The summed E-state index contributed by atoms with van der Waals surface area (Å²) in [5.74, 6) is 6.10. The second-order valence-electron chi connectivity index (χ2n) is 5.95. The van der Waals surface area contributed by atoms with Gasteiger partial charge in [0.1, 0.15) is 0 Å². The van der Waals surface area contributed by atoms with E-state index in [-0.39, 0.29) is 5.91 Å². The molecule has 0 heterocycles. The molecule has 0 radical (unpaired) electrons. The molecule has 0 saturated heterocycles. The van der Waals surface area contributed by atoms with Crippen LogP contribution in [0.4, 0.5) is 5.69 Å². The highest BCUT2D eigenvalue weighted by atomic mass is 16.1. The Hall–Kier alpha value is -3.31. The van der Waals surface area contributed by atoms with Gasteiger partial charge in [0.05, 0.1) is 0 Å². The Kier molecular flexibility index (Phi) is 4.97. The van der Waals surface area contributed by atoms with Crippen LogP contribution in [0.5, 0.6) is 0 Å². The lowest BCUT2D eigenvalue weighted by atomic mass is 10.1. The van der Waals surface area contributed by atoms with E-state index in [0.717, 1.165) is 22.4 Å². The van der Waals surface area contributed by atoms with Gasteiger partial charge in [-0.2, -0.15) is 0 Å². The third kappa shape index (κ3) is 4.37. The SMILES string of the molecule is Cc1ccc(NC(=O)c2ccc(C#Cc3ccccc3)cc2)cc1C. The van der Waals surface area contributed by atoms with Crippen molar-refractivity contribution < 1.29 is 4.79 Å². The molecule has 3 rings (SSSR count). The molecule has 0 aliphatic heterocycles. The molecule has 122 valence electrons. The van der Waals surface area contributed by atoms with Crippen molar-refractivity contribution >= 4 is 11.6 Å². The van der Waals surface area contributed by atoms with Crippen LogP contribution < -0.4 is 5.32 Å². The first kappa shape index (κ1) is 16.5. The first-order chi connectivity index (χ1) is 12.1. The third-order valence-electron chi connectivity index (χ3n) is 4.04. The summed E-state index contributed by atoms with van der Waals surface area (Å²) in [7, 11) is 0. The summed E-state index contributed by atoms with van der Waals surface area (Å²) in [5.41, 5.74) is 5.64. The Bertz CT molecular complexity index is 945. The van der Waals surface area contributed by atoms with Crippen molar-refractivity contribution in [2.45, 2.75) is 13.8 Å². The van der Waals surface area contributed by atoms with Crippen LogP contribution >= 0.6 is 0 Å². The van der Waals surface area contributed by atoms with E-state index in [4.69, 9.17) is 0 Å². The van der Waals surface area contributed by atoms with E-state index < -0.39 is 0 Å². The molecule has 0 aliphatic carbocycles. The van der Waals surface area contributed by atoms with E-state index in [2.05, 4.69) is 24.1 Å². The van der Waals surface area contributed by atoms with Crippen LogP contribution in [-0.4, -0.2) is 5.91 Å². The number of rotatable bonds is 2. The van der Waals surface area contributed by atoms with Crippen LogP contribution in [0.1, 0.15) is 32.6 Å². The van der Waals surface area contributed by atoms with E-state index in [0.29, 0.717) is 5.56 Å². The van der Waals surface area contributed by atoms with Crippen molar-refractivity contribution in [3.63, 3.8) is 0 Å². The summed E-state index contributed by atoms with van der Waals surface area (Å²) in [5, 5.41) is 2.93. The summed E-state index contributed by atoms with van der Waals surface area (Å²) in [4.78, 5) is 12.4. The lowest BCUT2D eigenvalue weighted by Crippen LogP contribution is -2.11. The standard InChI is InChI=1S/C23H19NO/c1-17-8-15-22(16-18(17)2)24-23(25)21-13-11-20(12-14-21)10-9-19-6-4-3-5-7-19/h3-8,11-16H,1-2H3,(H,24,25). The van der Waals surface area contributed by atoms with Crippen molar-refractivity contribution in [3.8, 4) is 11.8 Å². The van der Waals surface area contributed by atoms with Crippen molar-refractivity contribution in [1.29, 1.82) is 0 Å². The molecule has 0 bridgehead atoms. The summed E-state index contributed by atoms with van der Waals surface area (Å²) in [6, 6.07) is 23.1. The van der Waals surface area contributed by atoms with E-state index in [1.54, 1.807) is 12.1 Å². The van der Waals surface area contributed by atoms with Crippen LogP contribution in [0.25, 0.3) is 0 Å². The highest BCUT2D eigenvalue weighted by Crippen LogP contribution is 2.15. The average Bonchev–Trinajstić information content (AvgIpc) is 2.64. The van der Waals surface area contributed by atoms with E-state index in [1.807, 2.05) is 67.6 Å². The van der Waals surface area contributed by atoms with Crippen LogP contribution in [0.2, 0.25) is 0 Å². The average molecular weight is 325 g/mol. The molecule has 1 amide bonds. The lowest BCUT2D eigenvalue weighted by Gasteiger charge is -2.07. The highest BCUT2D eigenvalue weighted by molar-refractivity contribution is 6.04. The molecule has 2 nitrogen and oxygen atoms in total. The van der Waals surface area contributed by atoms with E-state index in [1.165, 1.54) is 5.56 Å². The molecule has 0 spiro atoms. The smallest absolute Gasteiger partial charge is 0.255 e. The predicted molar refractivity (Wildman–Crippen MR) is 103 cm³/mol. The van der Waals surface area contributed by atoms with Crippen molar-refractivity contribution in [3.05, 3.63) is 101 Å². The van der Waals surface area contributed by atoms with Gasteiger partial charge in [0.2, 0.25) is 0 Å². The first-order valence-corrected chi connectivity index (χ1v) is 8.17. The number of benzene rings is 3. The molecule has 0 saturated carbocycles. The summed E-state index contributed by atoms with van der Waals surface area (Å²) in [6.07, 6.45) is 0. The van der Waals surface area contributed by atoms with Gasteiger partial charge in [-0.05, 0) is 73.5 Å². The Morgan fingerprint density at radius 2 is 1.40 bits per heavy atom. The van der Waals surface area contributed by atoms with Gasteiger partial charge in [0.15, 0.2) is 0 Å². The first-order valence-electron chi connectivity index (χ1n) is 8.17. The number of hydrogen-bond donors (Lipinski definition) is 1. The number of carbonyl (C=O) groups excluding carboxylic acids is 1. The van der Waals surface area contributed by atoms with Gasteiger partial charge in [0.25, 0.3) is 5.91 Å². The van der Waals surface area contributed by atoms with Crippen molar-refractivity contribution in [1.82, 2.24) is 0 Å². The molecule has 3 aromatic rings. The molecular formula is C23H19NO. The molecule has 25 heavy (non-hydrogen) atoms. The van der Waals surface area contributed by atoms with Gasteiger partial charge in [-0.15, -0.1) is 0 Å². The Morgan fingerprint density at radius 1 is 0.760 bits per heavy atom. The minimum Gasteiger partial charge on any atom is -0.322 e. The minimum atomic E-state index is -0.120. The monoisotopic (exact) mass is 325 g/mol. The molecule has 2 heteroatoms. The van der Waals surface area contributed by atoms with Crippen LogP contribution in [-0.2, 0) is 0 Å². The molecule has 0 aromatic heterocycles. The van der Waals surface area contributed by atoms with Gasteiger partial charge >= 0.3 is 0 Å². The fourth-order valence-electron chi connectivity index (χ4n) is 2.39. The van der Waals surface area contributed by atoms with E-state index >= 15 is 0 Å². The Morgan fingerprint density at radius 3 is 2.04 bits per heavy atom. The Balaban J connectivity index is 1.70. The molecule has 0 atom stereocenters. The van der Waals surface area contributed by atoms with Crippen LogP contribution in [0, 0.1) is 25.7 Å². The largest absolute Gasteiger partial charge is 0.322 e. The molecule has 0 unspecified atom stereocenters. The van der Waals surface area contributed by atoms with Crippen LogP contribution in [0.3, 0.4) is 0 Å². The predicted octanol–water partition coefficient (Wildman–Crippen LogP) is 4.96. The fourth-order valence-corrected chi connectivity index (χ4v) is 2.39. The lowest BCUT2D eigenvalue weighted by molar-refractivity contribution is 0.102. The molecule has 1 N–H and O–H groups in total. The molecule has 0 fully saturated rings. The zero-order valence-corrected chi connectivity index (χ0v) is 14.3. The number of nitrogens with one attached hydrogen (secondary N) is 1. The summed E-state index contributed by atoms with van der Waals surface area (Å²) >= 11 is 0. The Labute approximate surface area is 148 Å².